The van der Waals surface area contributed by atoms with Crippen LogP contribution in [0.3, 0.4) is 0 Å². The van der Waals surface area contributed by atoms with Gasteiger partial charge in [0.1, 0.15) is 0 Å². The van der Waals surface area contributed by atoms with E-state index in [1.165, 1.54) is 12.1 Å². The average Bonchev–Trinajstić information content (AvgIpc) is 2.78. The Morgan fingerprint density at radius 2 is 1.41 bits per heavy atom. The fourth-order valence-corrected chi connectivity index (χ4v) is 1.48. The second-order valence-electron chi connectivity index (χ2n) is 3.67. The minimum absolute atomic E-state index is 0.622. The quantitative estimate of drug-likeness (QED) is 0.723. The SMILES string of the molecule is FC(F)(F)c1ccc(/C=C/[C]2[CH][CH][CH][CH]2)cc1. The van der Waals surface area contributed by atoms with Gasteiger partial charge in [0.15, 0.2) is 0 Å². The third-order valence-electron chi connectivity index (χ3n) is 2.39. The minimum atomic E-state index is -4.27. The zero-order chi connectivity index (χ0) is 12.3. The lowest BCUT2D eigenvalue weighted by Gasteiger charge is -2.06. The van der Waals surface area contributed by atoms with Gasteiger partial charge < -0.3 is 0 Å². The molecule has 2 rings (SSSR count). The highest BCUT2D eigenvalue weighted by Crippen LogP contribution is 2.29. The first-order valence-corrected chi connectivity index (χ1v) is 5.13. The Labute approximate surface area is 99.2 Å². The summed E-state index contributed by atoms with van der Waals surface area (Å²) in [5.41, 5.74) is 0.127. The Morgan fingerprint density at radius 3 is 1.94 bits per heavy atom. The summed E-state index contributed by atoms with van der Waals surface area (Å²) >= 11 is 0. The van der Waals surface area contributed by atoms with Crippen LogP contribution in [0, 0.1) is 31.6 Å². The van der Waals surface area contributed by atoms with Crippen LogP contribution in [0.25, 0.3) is 6.08 Å². The van der Waals surface area contributed by atoms with Crippen LogP contribution in [0.5, 0.6) is 0 Å². The van der Waals surface area contributed by atoms with Crippen LogP contribution in [0.15, 0.2) is 30.3 Å². The van der Waals surface area contributed by atoms with E-state index < -0.39 is 11.7 Å². The zero-order valence-corrected chi connectivity index (χ0v) is 8.91. The van der Waals surface area contributed by atoms with Gasteiger partial charge in [-0.15, -0.1) is 0 Å². The Bertz CT molecular complexity index is 381. The van der Waals surface area contributed by atoms with Crippen molar-refractivity contribution < 1.29 is 13.2 Å². The summed E-state index contributed by atoms with van der Waals surface area (Å²) in [6.07, 6.45) is 7.06. The molecular weight excluding hydrogens is 225 g/mol. The lowest BCUT2D eigenvalue weighted by atomic mass is 10.1. The van der Waals surface area contributed by atoms with Crippen molar-refractivity contribution in [2.24, 2.45) is 0 Å². The van der Waals surface area contributed by atoms with Crippen LogP contribution < -0.4 is 0 Å². The van der Waals surface area contributed by atoms with Crippen LogP contribution in [-0.2, 0) is 6.18 Å². The van der Waals surface area contributed by atoms with E-state index in [0.29, 0.717) is 0 Å². The maximum absolute atomic E-state index is 12.3. The van der Waals surface area contributed by atoms with Gasteiger partial charge in [-0.2, -0.15) is 13.2 Å². The summed E-state index contributed by atoms with van der Waals surface area (Å²) < 4.78 is 36.9. The van der Waals surface area contributed by atoms with Crippen molar-refractivity contribution in [1.82, 2.24) is 0 Å². The summed E-state index contributed by atoms with van der Waals surface area (Å²) in [6, 6.07) is 5.10. The maximum atomic E-state index is 12.3. The normalized spacial score (nSPS) is 18.1. The second-order valence-corrected chi connectivity index (χ2v) is 3.67. The summed E-state index contributed by atoms with van der Waals surface area (Å²) in [4.78, 5) is 0. The van der Waals surface area contributed by atoms with Crippen molar-refractivity contribution in [3.63, 3.8) is 0 Å². The zero-order valence-electron chi connectivity index (χ0n) is 8.91. The minimum Gasteiger partial charge on any atom is -0.166 e. The predicted molar refractivity (Wildman–Crippen MR) is 60.9 cm³/mol. The van der Waals surface area contributed by atoms with Gasteiger partial charge in [-0.1, -0.05) is 24.3 Å². The number of hydrogen-bond acceptors (Lipinski definition) is 0. The highest BCUT2D eigenvalue weighted by atomic mass is 19.4. The Morgan fingerprint density at radius 1 is 0.824 bits per heavy atom. The molecule has 1 aliphatic rings. The van der Waals surface area contributed by atoms with Gasteiger partial charge in [0.25, 0.3) is 0 Å². The number of hydrogen-bond donors (Lipinski definition) is 0. The molecule has 0 spiro atoms. The topological polar surface area (TPSA) is 0 Å². The van der Waals surface area contributed by atoms with Crippen molar-refractivity contribution in [3.05, 3.63) is 73.1 Å². The Hall–Kier alpha value is -1.25. The molecule has 5 radical (unpaired) electrons. The van der Waals surface area contributed by atoms with E-state index in [0.717, 1.165) is 23.6 Å². The van der Waals surface area contributed by atoms with Crippen molar-refractivity contribution in [1.29, 1.82) is 0 Å². The molecule has 0 saturated heterocycles. The summed E-state index contributed by atoms with van der Waals surface area (Å²) in [7, 11) is 0. The van der Waals surface area contributed by atoms with E-state index in [1.807, 2.05) is 31.8 Å². The number of allylic oxidation sites excluding steroid dienone is 1. The molecule has 17 heavy (non-hydrogen) atoms. The fraction of sp³-hybridized carbons (Fsp3) is 0.0714. The maximum Gasteiger partial charge on any atom is 0.416 e. The summed E-state index contributed by atoms with van der Waals surface area (Å²) in [5.74, 6) is 1.03. The standard InChI is InChI=1S/C14H10F3/c15-14(16,17)13-9-7-12(8-10-13)6-5-11-3-1-2-4-11/h1-10H/b6-5+. The molecule has 0 aromatic heterocycles. The van der Waals surface area contributed by atoms with Gasteiger partial charge in [0, 0.05) is 5.92 Å². The van der Waals surface area contributed by atoms with Crippen LogP contribution >= 0.6 is 0 Å². The molecule has 0 nitrogen and oxygen atoms in total. The van der Waals surface area contributed by atoms with Crippen LogP contribution in [-0.4, -0.2) is 0 Å². The number of alkyl halides is 3. The third-order valence-corrected chi connectivity index (χ3v) is 2.39. The molecule has 3 heteroatoms. The predicted octanol–water partition coefficient (Wildman–Crippen LogP) is 4.12. The summed E-state index contributed by atoms with van der Waals surface area (Å²) in [6.45, 7) is 0. The first-order chi connectivity index (χ1) is 8.05. The molecule has 1 fully saturated rings. The van der Waals surface area contributed by atoms with E-state index in [-0.39, 0.29) is 0 Å². The van der Waals surface area contributed by atoms with E-state index >= 15 is 0 Å². The average molecular weight is 235 g/mol. The number of benzene rings is 1. The molecule has 0 atom stereocenters. The van der Waals surface area contributed by atoms with Crippen LogP contribution in [0.2, 0.25) is 0 Å². The van der Waals surface area contributed by atoms with Crippen molar-refractivity contribution in [2.75, 3.05) is 0 Å². The van der Waals surface area contributed by atoms with Crippen LogP contribution in [0.1, 0.15) is 11.1 Å². The second kappa shape index (κ2) is 4.94. The van der Waals surface area contributed by atoms with E-state index in [2.05, 4.69) is 0 Å². The molecule has 0 amide bonds. The first-order valence-electron chi connectivity index (χ1n) is 5.13. The molecule has 1 aliphatic carbocycles. The highest BCUT2D eigenvalue weighted by molar-refractivity contribution is 5.56. The van der Waals surface area contributed by atoms with Gasteiger partial charge >= 0.3 is 6.18 Å². The molecule has 0 aliphatic heterocycles. The van der Waals surface area contributed by atoms with Crippen molar-refractivity contribution in [3.8, 4) is 0 Å². The third kappa shape index (κ3) is 3.35. The first kappa shape index (κ1) is 12.2. The molecule has 0 bridgehead atoms. The fourth-order valence-electron chi connectivity index (χ4n) is 1.48. The van der Waals surface area contributed by atoms with Gasteiger partial charge in [0.05, 0.1) is 5.56 Å². The Balaban J connectivity index is 2.02. The summed E-state index contributed by atoms with van der Waals surface area (Å²) in [5, 5.41) is 0. The molecule has 87 valence electrons. The van der Waals surface area contributed by atoms with Gasteiger partial charge in [-0.25, -0.2) is 0 Å². The van der Waals surface area contributed by atoms with E-state index in [9.17, 15) is 13.2 Å². The van der Waals surface area contributed by atoms with Crippen molar-refractivity contribution >= 4 is 6.08 Å². The monoisotopic (exact) mass is 235 g/mol. The number of halogens is 3. The number of rotatable bonds is 2. The van der Waals surface area contributed by atoms with E-state index in [1.54, 1.807) is 6.08 Å². The molecule has 0 N–H and O–H groups in total. The molecule has 1 aromatic carbocycles. The molecule has 1 aromatic rings. The smallest absolute Gasteiger partial charge is 0.166 e. The molecule has 1 saturated carbocycles. The van der Waals surface area contributed by atoms with Gasteiger partial charge in [-0.05, 0) is 43.4 Å². The lowest BCUT2D eigenvalue weighted by Crippen LogP contribution is -2.03. The van der Waals surface area contributed by atoms with Gasteiger partial charge in [-0.3, -0.25) is 0 Å². The van der Waals surface area contributed by atoms with E-state index in [4.69, 9.17) is 0 Å². The lowest BCUT2D eigenvalue weighted by molar-refractivity contribution is -0.137. The van der Waals surface area contributed by atoms with Gasteiger partial charge in [0.2, 0.25) is 0 Å². The highest BCUT2D eigenvalue weighted by Gasteiger charge is 2.29. The Kier molecular flexibility index (Phi) is 3.55. The molecule has 0 unspecified atom stereocenters. The molecular formula is C14H10F3. The van der Waals surface area contributed by atoms with Crippen LogP contribution in [0.4, 0.5) is 13.2 Å². The van der Waals surface area contributed by atoms with Crippen molar-refractivity contribution in [2.45, 2.75) is 6.18 Å². The largest absolute Gasteiger partial charge is 0.416 e. The molecule has 0 heterocycles.